The van der Waals surface area contributed by atoms with Crippen molar-refractivity contribution in [2.75, 3.05) is 4.90 Å². The number of fused-ring (bicyclic) bond motifs is 6. The lowest BCUT2D eigenvalue weighted by Crippen LogP contribution is -2.10. The number of benzene rings is 6. The highest BCUT2D eigenvalue weighted by atomic mass is 16.3. The number of para-hydroxylation sites is 4. The molecule has 2 aromatic heterocycles. The number of hydrogen-bond acceptors (Lipinski definition) is 2. The molecule has 0 spiro atoms. The molecule has 0 radical (unpaired) electrons. The monoisotopic (exact) mass is 500 g/mol. The van der Waals surface area contributed by atoms with Gasteiger partial charge in [0.2, 0.25) is 0 Å². The van der Waals surface area contributed by atoms with Gasteiger partial charge in [-0.2, -0.15) is 0 Å². The molecule has 0 aliphatic rings. The van der Waals surface area contributed by atoms with E-state index in [0.717, 1.165) is 61.2 Å². The summed E-state index contributed by atoms with van der Waals surface area (Å²) in [6.45, 7) is 0. The maximum absolute atomic E-state index is 6.24. The number of nitrogens with one attached hydrogen (secondary N) is 1. The van der Waals surface area contributed by atoms with Gasteiger partial charge in [0.25, 0.3) is 0 Å². The smallest absolute Gasteiger partial charge is 0.136 e. The Morgan fingerprint density at radius 1 is 0.513 bits per heavy atom. The van der Waals surface area contributed by atoms with Crippen molar-refractivity contribution < 1.29 is 4.42 Å². The fourth-order valence-electron chi connectivity index (χ4n) is 5.84. The van der Waals surface area contributed by atoms with Gasteiger partial charge < -0.3 is 14.3 Å². The Morgan fingerprint density at radius 2 is 1.15 bits per heavy atom. The lowest BCUT2D eigenvalue weighted by atomic mass is 9.98. The van der Waals surface area contributed by atoms with Gasteiger partial charge in [-0.3, -0.25) is 0 Å². The summed E-state index contributed by atoms with van der Waals surface area (Å²) in [5.74, 6) is 0. The lowest BCUT2D eigenvalue weighted by molar-refractivity contribution is 0.669. The van der Waals surface area contributed by atoms with Crippen LogP contribution in [0, 0.1) is 0 Å². The molecule has 0 saturated heterocycles. The average molecular weight is 501 g/mol. The van der Waals surface area contributed by atoms with E-state index in [1.165, 1.54) is 10.8 Å². The molecule has 0 bridgehead atoms. The normalized spacial score (nSPS) is 11.6. The standard InChI is InChI=1S/C36H24N2O/c1-3-11-25(12-4-1)38(26-13-5-2-6-14-26)32-22-21-27(36-35(32)30-16-7-9-17-31(30)37-36)24-19-20-29-28-15-8-10-18-33(28)39-34(29)23-24/h1-23,37H. The van der Waals surface area contributed by atoms with E-state index in [2.05, 4.69) is 137 Å². The second-order valence-electron chi connectivity index (χ2n) is 9.87. The Bertz CT molecular complexity index is 2080. The second-order valence-corrected chi connectivity index (χ2v) is 9.87. The van der Waals surface area contributed by atoms with Gasteiger partial charge in [-0.05, 0) is 60.2 Å². The van der Waals surface area contributed by atoms with Crippen molar-refractivity contribution in [3.05, 3.63) is 140 Å². The first kappa shape index (κ1) is 21.8. The molecule has 2 heterocycles. The number of nitrogens with zero attached hydrogens (tertiary/aromatic N) is 1. The van der Waals surface area contributed by atoms with Gasteiger partial charge in [0.15, 0.2) is 0 Å². The molecule has 0 aliphatic heterocycles. The molecule has 8 rings (SSSR count). The SMILES string of the molecule is c1ccc(N(c2ccccc2)c2ccc(-c3ccc4c(c3)oc3ccccc34)c3[nH]c4ccccc4c23)cc1. The highest BCUT2D eigenvalue weighted by Gasteiger charge is 2.20. The Labute approximate surface area is 225 Å². The van der Waals surface area contributed by atoms with Crippen LogP contribution in [0.15, 0.2) is 144 Å². The highest BCUT2D eigenvalue weighted by Crippen LogP contribution is 2.45. The Hall–Kier alpha value is -5.28. The summed E-state index contributed by atoms with van der Waals surface area (Å²) < 4.78 is 6.24. The molecule has 1 N–H and O–H groups in total. The van der Waals surface area contributed by atoms with Crippen molar-refractivity contribution in [1.29, 1.82) is 0 Å². The van der Waals surface area contributed by atoms with Crippen LogP contribution in [0.4, 0.5) is 17.1 Å². The zero-order chi connectivity index (χ0) is 25.8. The van der Waals surface area contributed by atoms with E-state index in [4.69, 9.17) is 4.42 Å². The molecule has 0 aliphatic carbocycles. The van der Waals surface area contributed by atoms with Crippen LogP contribution in [0.25, 0.3) is 54.9 Å². The van der Waals surface area contributed by atoms with E-state index in [1.54, 1.807) is 0 Å². The zero-order valence-electron chi connectivity index (χ0n) is 21.1. The fourth-order valence-corrected chi connectivity index (χ4v) is 5.84. The van der Waals surface area contributed by atoms with Crippen LogP contribution in [-0.2, 0) is 0 Å². The fraction of sp³-hybridized carbons (Fsp3) is 0. The Morgan fingerprint density at radius 3 is 1.92 bits per heavy atom. The lowest BCUT2D eigenvalue weighted by Gasteiger charge is -2.26. The summed E-state index contributed by atoms with van der Waals surface area (Å²) in [4.78, 5) is 6.10. The van der Waals surface area contributed by atoms with Crippen molar-refractivity contribution in [3.8, 4) is 11.1 Å². The number of furan rings is 1. The maximum Gasteiger partial charge on any atom is 0.136 e. The maximum atomic E-state index is 6.24. The van der Waals surface area contributed by atoms with E-state index in [-0.39, 0.29) is 0 Å². The van der Waals surface area contributed by atoms with E-state index < -0.39 is 0 Å². The van der Waals surface area contributed by atoms with Crippen molar-refractivity contribution >= 4 is 60.8 Å². The van der Waals surface area contributed by atoms with Crippen LogP contribution in [0.5, 0.6) is 0 Å². The van der Waals surface area contributed by atoms with Gasteiger partial charge in [0.1, 0.15) is 11.2 Å². The predicted molar refractivity (Wildman–Crippen MR) is 163 cm³/mol. The number of aromatic amines is 1. The molecule has 6 aromatic carbocycles. The third-order valence-corrected chi connectivity index (χ3v) is 7.60. The number of rotatable bonds is 4. The van der Waals surface area contributed by atoms with Gasteiger partial charge in [0.05, 0.1) is 11.2 Å². The molecule has 0 unspecified atom stereocenters. The molecule has 3 nitrogen and oxygen atoms in total. The molecule has 3 heteroatoms. The first-order valence-electron chi connectivity index (χ1n) is 13.2. The van der Waals surface area contributed by atoms with E-state index in [0.29, 0.717) is 0 Å². The topological polar surface area (TPSA) is 32.2 Å². The molecule has 8 aromatic rings. The summed E-state index contributed by atoms with van der Waals surface area (Å²) in [6, 6.07) is 49.0. The molecular weight excluding hydrogens is 476 g/mol. The van der Waals surface area contributed by atoms with Gasteiger partial charge in [-0.15, -0.1) is 0 Å². The van der Waals surface area contributed by atoms with Crippen LogP contribution < -0.4 is 4.90 Å². The van der Waals surface area contributed by atoms with Crippen LogP contribution in [0.2, 0.25) is 0 Å². The van der Waals surface area contributed by atoms with Crippen LogP contribution in [0.3, 0.4) is 0 Å². The summed E-state index contributed by atoms with van der Waals surface area (Å²) in [5.41, 5.74) is 9.68. The largest absolute Gasteiger partial charge is 0.456 e. The molecule has 0 atom stereocenters. The zero-order valence-corrected chi connectivity index (χ0v) is 21.1. The third-order valence-electron chi connectivity index (χ3n) is 7.60. The molecule has 0 saturated carbocycles. The minimum atomic E-state index is 0.900. The third kappa shape index (κ3) is 3.44. The second kappa shape index (κ2) is 8.64. The van der Waals surface area contributed by atoms with Crippen molar-refractivity contribution in [2.45, 2.75) is 0 Å². The number of hydrogen-bond donors (Lipinski definition) is 1. The molecular formula is C36H24N2O. The summed E-state index contributed by atoms with van der Waals surface area (Å²) in [7, 11) is 0. The first-order chi connectivity index (χ1) is 19.3. The van der Waals surface area contributed by atoms with Gasteiger partial charge in [-0.25, -0.2) is 0 Å². The molecule has 0 fully saturated rings. The van der Waals surface area contributed by atoms with Crippen LogP contribution >= 0.6 is 0 Å². The summed E-state index contributed by atoms with van der Waals surface area (Å²) in [5, 5.41) is 4.68. The molecule has 184 valence electrons. The predicted octanol–water partition coefficient (Wildman–Crippen LogP) is 10.4. The van der Waals surface area contributed by atoms with Gasteiger partial charge in [0, 0.05) is 44.0 Å². The number of anilines is 3. The average Bonchev–Trinajstić information content (AvgIpc) is 3.57. The van der Waals surface area contributed by atoms with E-state index in [9.17, 15) is 0 Å². The van der Waals surface area contributed by atoms with Crippen molar-refractivity contribution in [1.82, 2.24) is 4.98 Å². The van der Waals surface area contributed by atoms with Gasteiger partial charge in [-0.1, -0.05) is 84.9 Å². The first-order valence-corrected chi connectivity index (χ1v) is 13.2. The summed E-state index contributed by atoms with van der Waals surface area (Å²) >= 11 is 0. The van der Waals surface area contributed by atoms with Crippen molar-refractivity contribution in [2.24, 2.45) is 0 Å². The van der Waals surface area contributed by atoms with Gasteiger partial charge >= 0.3 is 0 Å². The number of aromatic nitrogens is 1. The van der Waals surface area contributed by atoms with E-state index >= 15 is 0 Å². The van der Waals surface area contributed by atoms with Crippen LogP contribution in [0.1, 0.15) is 0 Å². The summed E-state index contributed by atoms with van der Waals surface area (Å²) in [6.07, 6.45) is 0. The van der Waals surface area contributed by atoms with E-state index in [1.807, 2.05) is 12.1 Å². The Kier molecular flexibility index (Phi) is 4.82. The minimum Gasteiger partial charge on any atom is -0.456 e. The number of H-pyrrole nitrogens is 1. The molecule has 39 heavy (non-hydrogen) atoms. The minimum absolute atomic E-state index is 0.900. The van der Waals surface area contributed by atoms with Crippen molar-refractivity contribution in [3.63, 3.8) is 0 Å². The Balaban J connectivity index is 1.41. The van der Waals surface area contributed by atoms with Crippen LogP contribution in [-0.4, -0.2) is 4.98 Å². The highest BCUT2D eigenvalue weighted by molar-refractivity contribution is 6.19. The molecule has 0 amide bonds. The quantitative estimate of drug-likeness (QED) is 0.261.